The van der Waals surface area contributed by atoms with E-state index >= 15 is 0 Å². The van der Waals surface area contributed by atoms with Crippen molar-refractivity contribution in [3.8, 4) is 0 Å². The van der Waals surface area contributed by atoms with Gasteiger partial charge < -0.3 is 25.0 Å². The summed E-state index contributed by atoms with van der Waals surface area (Å²) in [7, 11) is 1.42. The number of aromatic nitrogens is 1. The summed E-state index contributed by atoms with van der Waals surface area (Å²) in [5, 5.41) is 6.66. The van der Waals surface area contributed by atoms with Gasteiger partial charge in [-0.05, 0) is 25.8 Å². The van der Waals surface area contributed by atoms with Gasteiger partial charge in [-0.3, -0.25) is 4.79 Å². The molecule has 2 fully saturated rings. The number of hydrogen-bond donors (Lipinski definition) is 2. The zero-order chi connectivity index (χ0) is 23.8. The van der Waals surface area contributed by atoms with Crippen molar-refractivity contribution in [2.24, 2.45) is 0 Å². The monoisotopic (exact) mass is 486 g/mol. The molecule has 0 saturated carbocycles. The number of nitrogens with zero attached hydrogens (tertiary/aromatic N) is 2. The first-order valence-electron chi connectivity index (χ1n) is 10.7. The molecule has 2 aliphatic heterocycles. The number of carbonyl (C=O) groups excluding carboxylic acids is 2. The summed E-state index contributed by atoms with van der Waals surface area (Å²) >= 11 is 0.854. The van der Waals surface area contributed by atoms with E-state index in [2.05, 4.69) is 15.6 Å². The van der Waals surface area contributed by atoms with Crippen molar-refractivity contribution in [1.82, 2.24) is 15.6 Å². The highest BCUT2D eigenvalue weighted by atomic mass is 32.1. The number of fused-ring (bicyclic) bond motifs is 1. The average Bonchev–Trinajstić information content (AvgIpc) is 3.14. The molecule has 2 saturated heterocycles. The van der Waals surface area contributed by atoms with Gasteiger partial charge in [0.25, 0.3) is 5.91 Å². The van der Waals surface area contributed by atoms with Gasteiger partial charge in [0, 0.05) is 44.6 Å². The Morgan fingerprint density at radius 1 is 1.30 bits per heavy atom. The number of piperidine rings is 1. The summed E-state index contributed by atoms with van der Waals surface area (Å²) in [6, 6.07) is 0.881. The standard InChI is InChI=1S/C21H25F3N4O4S/c1-11(15-5-8-31-15)32-20(30)26-12-3-6-28(7-4-12)16-9-14(21(22,23)24)18-17(27-16)13(10-33-18)19(29)25-2/h9-12,15H,3-8H2,1-2H3,(H,25,29)(H,26,30)/t11-,15+/m0/s1. The Bertz CT molecular complexity index is 1030. The van der Waals surface area contributed by atoms with Crippen LogP contribution in [-0.2, 0) is 15.7 Å². The number of alkyl carbamates (subject to hydrolysis) is 1. The van der Waals surface area contributed by atoms with Crippen LogP contribution in [0, 0.1) is 0 Å². The molecule has 4 rings (SSSR count). The number of nitrogens with one attached hydrogen (secondary N) is 2. The number of anilines is 1. The van der Waals surface area contributed by atoms with Crippen molar-refractivity contribution in [1.29, 1.82) is 0 Å². The molecular formula is C21H25F3N4O4S. The molecule has 8 nitrogen and oxygen atoms in total. The third kappa shape index (κ3) is 5.01. The lowest BCUT2D eigenvalue weighted by atomic mass is 10.0. The fourth-order valence-corrected chi connectivity index (χ4v) is 5.01. The fraction of sp³-hybridized carbons (Fsp3) is 0.571. The maximum absolute atomic E-state index is 13.7. The van der Waals surface area contributed by atoms with Crippen LogP contribution in [0.4, 0.5) is 23.8 Å². The predicted octanol–water partition coefficient (Wildman–Crippen LogP) is 3.55. The van der Waals surface area contributed by atoms with Gasteiger partial charge in [0.05, 0.1) is 27.4 Å². The molecule has 12 heteroatoms. The summed E-state index contributed by atoms with van der Waals surface area (Å²) in [5.74, 6) is -0.322. The molecule has 2 aliphatic rings. The molecule has 0 aliphatic carbocycles. The summed E-state index contributed by atoms with van der Waals surface area (Å²) < 4.78 is 51.8. The van der Waals surface area contributed by atoms with Gasteiger partial charge in [0.15, 0.2) is 0 Å². The second-order valence-corrected chi connectivity index (χ2v) is 9.03. The van der Waals surface area contributed by atoms with Gasteiger partial charge in [0.2, 0.25) is 0 Å². The molecule has 0 radical (unpaired) electrons. The Hall–Kier alpha value is -2.60. The third-order valence-corrected chi connectivity index (χ3v) is 6.98. The number of rotatable bonds is 5. The molecule has 2 atom stereocenters. The maximum Gasteiger partial charge on any atom is 0.417 e. The quantitative estimate of drug-likeness (QED) is 0.672. The van der Waals surface area contributed by atoms with Gasteiger partial charge in [0.1, 0.15) is 11.9 Å². The molecule has 0 unspecified atom stereocenters. The molecule has 0 aromatic carbocycles. The van der Waals surface area contributed by atoms with Crippen molar-refractivity contribution in [2.75, 3.05) is 31.6 Å². The van der Waals surface area contributed by atoms with Gasteiger partial charge >= 0.3 is 12.3 Å². The molecule has 0 spiro atoms. The predicted molar refractivity (Wildman–Crippen MR) is 117 cm³/mol. The summed E-state index contributed by atoms with van der Waals surface area (Å²) in [6.07, 6.45) is -3.61. The Balaban J connectivity index is 1.46. The summed E-state index contributed by atoms with van der Waals surface area (Å²) in [5.41, 5.74) is -0.646. The molecular weight excluding hydrogens is 461 g/mol. The van der Waals surface area contributed by atoms with Crippen LogP contribution in [-0.4, -0.2) is 62.0 Å². The lowest BCUT2D eigenvalue weighted by Crippen LogP contribution is -2.47. The second-order valence-electron chi connectivity index (χ2n) is 8.15. The molecule has 180 valence electrons. The Labute approximate surface area is 192 Å². The van der Waals surface area contributed by atoms with Gasteiger partial charge in [-0.25, -0.2) is 9.78 Å². The van der Waals surface area contributed by atoms with Crippen LogP contribution in [0.25, 0.3) is 10.2 Å². The molecule has 4 heterocycles. The number of carbonyl (C=O) groups is 2. The Morgan fingerprint density at radius 3 is 2.58 bits per heavy atom. The van der Waals surface area contributed by atoms with Crippen LogP contribution in [0.3, 0.4) is 0 Å². The van der Waals surface area contributed by atoms with E-state index in [0.29, 0.717) is 32.5 Å². The third-order valence-electron chi connectivity index (χ3n) is 5.98. The van der Waals surface area contributed by atoms with E-state index in [-0.39, 0.29) is 39.8 Å². The van der Waals surface area contributed by atoms with Crippen LogP contribution >= 0.6 is 11.3 Å². The van der Waals surface area contributed by atoms with Crippen molar-refractivity contribution in [3.05, 3.63) is 22.6 Å². The van der Waals surface area contributed by atoms with Crippen LogP contribution in [0.5, 0.6) is 0 Å². The fourth-order valence-electron chi connectivity index (χ4n) is 3.99. The van der Waals surface area contributed by atoms with Crippen molar-refractivity contribution in [2.45, 2.75) is 50.6 Å². The molecule has 2 N–H and O–H groups in total. The maximum atomic E-state index is 13.7. The van der Waals surface area contributed by atoms with Gasteiger partial charge in [-0.1, -0.05) is 0 Å². The first kappa shape index (κ1) is 23.6. The van der Waals surface area contributed by atoms with E-state index in [1.165, 1.54) is 12.4 Å². The second kappa shape index (κ2) is 9.34. The average molecular weight is 487 g/mol. The van der Waals surface area contributed by atoms with E-state index in [1.54, 1.807) is 11.8 Å². The topological polar surface area (TPSA) is 92.8 Å². The van der Waals surface area contributed by atoms with E-state index in [0.717, 1.165) is 23.8 Å². The van der Waals surface area contributed by atoms with E-state index in [4.69, 9.17) is 9.47 Å². The SMILES string of the molecule is CNC(=O)c1csc2c(C(F)(F)F)cc(N3CCC(NC(=O)O[C@@H](C)[C@H]4CCO4)CC3)nc12. The van der Waals surface area contributed by atoms with Crippen molar-refractivity contribution < 1.29 is 32.2 Å². The number of hydrogen-bond acceptors (Lipinski definition) is 7. The summed E-state index contributed by atoms with van der Waals surface area (Å²) in [6.45, 7) is 3.26. The van der Waals surface area contributed by atoms with Crippen LogP contribution < -0.4 is 15.5 Å². The molecule has 33 heavy (non-hydrogen) atoms. The van der Waals surface area contributed by atoms with Crippen molar-refractivity contribution >= 4 is 39.4 Å². The highest BCUT2D eigenvalue weighted by Crippen LogP contribution is 2.40. The molecule has 0 bridgehead atoms. The molecule has 2 aromatic rings. The molecule has 2 aromatic heterocycles. The van der Waals surface area contributed by atoms with E-state index < -0.39 is 23.7 Å². The van der Waals surface area contributed by atoms with Gasteiger partial charge in [-0.2, -0.15) is 13.2 Å². The van der Waals surface area contributed by atoms with E-state index in [1.807, 2.05) is 0 Å². The minimum Gasteiger partial charge on any atom is -0.444 e. The lowest BCUT2D eigenvalue weighted by Gasteiger charge is -2.34. The van der Waals surface area contributed by atoms with Crippen LogP contribution in [0.2, 0.25) is 0 Å². The van der Waals surface area contributed by atoms with Crippen molar-refractivity contribution in [3.63, 3.8) is 0 Å². The normalized spacial score (nSPS) is 20.3. The highest BCUT2D eigenvalue weighted by Gasteiger charge is 2.36. The zero-order valence-electron chi connectivity index (χ0n) is 18.2. The number of pyridine rings is 1. The first-order valence-corrected chi connectivity index (χ1v) is 11.6. The number of halogens is 3. The minimum absolute atomic E-state index is 0.0419. The van der Waals surface area contributed by atoms with Crippen LogP contribution in [0.15, 0.2) is 11.4 Å². The number of ether oxygens (including phenoxy) is 2. The van der Waals surface area contributed by atoms with Gasteiger partial charge in [-0.15, -0.1) is 11.3 Å². The Morgan fingerprint density at radius 2 is 2.00 bits per heavy atom. The smallest absolute Gasteiger partial charge is 0.417 e. The number of thiophene rings is 1. The zero-order valence-corrected chi connectivity index (χ0v) is 19.0. The highest BCUT2D eigenvalue weighted by molar-refractivity contribution is 7.17. The number of alkyl halides is 3. The van der Waals surface area contributed by atoms with Crippen LogP contribution in [0.1, 0.15) is 42.1 Å². The minimum atomic E-state index is -4.58. The molecule has 2 amide bonds. The Kier molecular flexibility index (Phi) is 6.66. The number of amides is 2. The first-order chi connectivity index (χ1) is 15.7. The lowest BCUT2D eigenvalue weighted by molar-refractivity contribution is -0.136. The summed E-state index contributed by atoms with van der Waals surface area (Å²) in [4.78, 5) is 30.4. The largest absolute Gasteiger partial charge is 0.444 e. The van der Waals surface area contributed by atoms with E-state index in [9.17, 15) is 22.8 Å².